The van der Waals surface area contributed by atoms with Crippen LogP contribution in [0.1, 0.15) is 24.0 Å². The third kappa shape index (κ3) is 7.05. The summed E-state index contributed by atoms with van der Waals surface area (Å²) in [4.78, 5) is 12.3. The molecule has 2 aromatic carbocycles. The standard InChI is InChI=1S/C21H24N4O3S3/c1-16-9-6-7-12-18(16)25(31(2,27)28)14-8-13-19(26)22-20-23-24-21(30-20)29-15-17-10-4-3-5-11-17/h3-7,9-12H,8,13-15H2,1-2H3,(H,22,23,26). The Labute approximate surface area is 191 Å². The summed E-state index contributed by atoms with van der Waals surface area (Å²) in [6.45, 7) is 2.09. The molecular weight excluding hydrogens is 452 g/mol. The number of rotatable bonds is 10. The second kappa shape index (κ2) is 10.7. The Morgan fingerprint density at radius 2 is 1.81 bits per heavy atom. The Morgan fingerprint density at radius 1 is 1.10 bits per heavy atom. The van der Waals surface area contributed by atoms with E-state index in [1.165, 1.54) is 27.5 Å². The number of aromatic nitrogens is 2. The molecule has 164 valence electrons. The maximum Gasteiger partial charge on any atom is 0.232 e. The first kappa shape index (κ1) is 23.2. The molecule has 0 aliphatic heterocycles. The van der Waals surface area contributed by atoms with Crippen molar-refractivity contribution in [3.05, 3.63) is 65.7 Å². The van der Waals surface area contributed by atoms with Crippen LogP contribution in [-0.2, 0) is 20.6 Å². The predicted molar refractivity (Wildman–Crippen MR) is 127 cm³/mol. The van der Waals surface area contributed by atoms with Crippen molar-refractivity contribution in [2.75, 3.05) is 22.4 Å². The molecule has 3 rings (SSSR count). The van der Waals surface area contributed by atoms with E-state index in [9.17, 15) is 13.2 Å². The van der Waals surface area contributed by atoms with Gasteiger partial charge < -0.3 is 5.32 Å². The first-order chi connectivity index (χ1) is 14.8. The van der Waals surface area contributed by atoms with Gasteiger partial charge in [-0.25, -0.2) is 8.42 Å². The quantitative estimate of drug-likeness (QED) is 0.346. The Kier molecular flexibility index (Phi) is 8.05. The van der Waals surface area contributed by atoms with E-state index in [0.29, 0.717) is 17.2 Å². The summed E-state index contributed by atoms with van der Waals surface area (Å²) < 4.78 is 26.6. The highest BCUT2D eigenvalue weighted by Crippen LogP contribution is 2.28. The van der Waals surface area contributed by atoms with Crippen LogP contribution in [0, 0.1) is 6.92 Å². The van der Waals surface area contributed by atoms with Gasteiger partial charge in [-0.15, -0.1) is 10.2 Å². The summed E-state index contributed by atoms with van der Waals surface area (Å²) in [5, 5.41) is 11.3. The third-order valence-electron chi connectivity index (χ3n) is 4.41. The molecule has 10 heteroatoms. The van der Waals surface area contributed by atoms with Crippen molar-refractivity contribution in [2.24, 2.45) is 0 Å². The van der Waals surface area contributed by atoms with Crippen molar-refractivity contribution in [3.63, 3.8) is 0 Å². The van der Waals surface area contributed by atoms with Gasteiger partial charge in [0.05, 0.1) is 11.9 Å². The van der Waals surface area contributed by atoms with E-state index < -0.39 is 10.0 Å². The van der Waals surface area contributed by atoms with Gasteiger partial charge in [0.1, 0.15) is 0 Å². The second-order valence-electron chi connectivity index (χ2n) is 6.92. The van der Waals surface area contributed by atoms with Gasteiger partial charge in [0.15, 0.2) is 4.34 Å². The fourth-order valence-electron chi connectivity index (χ4n) is 2.91. The molecule has 1 amide bonds. The molecule has 0 radical (unpaired) electrons. The molecule has 3 aromatic rings. The molecule has 0 aliphatic carbocycles. The van der Waals surface area contributed by atoms with Gasteiger partial charge in [-0.2, -0.15) is 0 Å². The highest BCUT2D eigenvalue weighted by molar-refractivity contribution is 8.00. The molecule has 1 aromatic heterocycles. The Hall–Kier alpha value is -2.43. The third-order valence-corrected chi connectivity index (χ3v) is 7.63. The number of hydrogen-bond donors (Lipinski definition) is 1. The number of hydrogen-bond acceptors (Lipinski definition) is 7. The SMILES string of the molecule is Cc1ccccc1N(CCCC(=O)Nc1nnc(SCc2ccccc2)s1)S(C)(=O)=O. The van der Waals surface area contributed by atoms with E-state index >= 15 is 0 Å². The van der Waals surface area contributed by atoms with Crippen LogP contribution < -0.4 is 9.62 Å². The van der Waals surface area contributed by atoms with Crippen LogP contribution in [0.25, 0.3) is 0 Å². The summed E-state index contributed by atoms with van der Waals surface area (Å²) in [6.07, 6.45) is 1.75. The van der Waals surface area contributed by atoms with Crippen molar-refractivity contribution >= 4 is 49.8 Å². The number of aryl methyl sites for hydroxylation is 1. The highest BCUT2D eigenvalue weighted by Gasteiger charge is 2.19. The molecule has 7 nitrogen and oxygen atoms in total. The summed E-state index contributed by atoms with van der Waals surface area (Å²) in [7, 11) is -3.44. The molecular formula is C21H24N4O3S3. The molecule has 0 bridgehead atoms. The number of anilines is 2. The molecule has 31 heavy (non-hydrogen) atoms. The van der Waals surface area contributed by atoms with Gasteiger partial charge in [0.25, 0.3) is 0 Å². The lowest BCUT2D eigenvalue weighted by molar-refractivity contribution is -0.116. The van der Waals surface area contributed by atoms with E-state index in [0.717, 1.165) is 15.7 Å². The number of amides is 1. The number of nitrogens with zero attached hydrogens (tertiary/aromatic N) is 3. The molecule has 0 spiro atoms. The lowest BCUT2D eigenvalue weighted by atomic mass is 10.2. The zero-order valence-corrected chi connectivity index (χ0v) is 19.8. The maximum absolute atomic E-state index is 12.3. The van der Waals surface area contributed by atoms with Crippen molar-refractivity contribution in [1.29, 1.82) is 0 Å². The average molecular weight is 477 g/mol. The minimum Gasteiger partial charge on any atom is -0.301 e. The summed E-state index contributed by atoms with van der Waals surface area (Å²) in [6, 6.07) is 17.4. The van der Waals surface area contributed by atoms with E-state index in [1.807, 2.05) is 49.4 Å². The van der Waals surface area contributed by atoms with Crippen LogP contribution in [0.4, 0.5) is 10.8 Å². The van der Waals surface area contributed by atoms with Crippen LogP contribution in [-0.4, -0.2) is 37.3 Å². The highest BCUT2D eigenvalue weighted by atomic mass is 32.2. The Bertz CT molecular complexity index is 1120. The largest absolute Gasteiger partial charge is 0.301 e. The summed E-state index contributed by atoms with van der Waals surface area (Å²) in [5.41, 5.74) is 2.69. The minimum atomic E-state index is -3.44. The zero-order valence-electron chi connectivity index (χ0n) is 17.3. The van der Waals surface area contributed by atoms with Crippen LogP contribution in [0.15, 0.2) is 58.9 Å². The Morgan fingerprint density at radius 3 is 2.52 bits per heavy atom. The number of carbonyl (C=O) groups is 1. The normalized spacial score (nSPS) is 11.3. The number of sulfonamides is 1. The minimum absolute atomic E-state index is 0.184. The summed E-state index contributed by atoms with van der Waals surface area (Å²) in [5.74, 6) is 0.568. The van der Waals surface area contributed by atoms with Gasteiger partial charge >= 0.3 is 0 Å². The molecule has 0 saturated carbocycles. The fraction of sp³-hybridized carbons (Fsp3) is 0.286. The van der Waals surface area contributed by atoms with Crippen molar-refractivity contribution in [2.45, 2.75) is 29.9 Å². The zero-order chi connectivity index (χ0) is 22.3. The lowest BCUT2D eigenvalue weighted by Gasteiger charge is -2.24. The molecule has 0 unspecified atom stereocenters. The molecule has 0 fully saturated rings. The van der Waals surface area contributed by atoms with E-state index in [1.54, 1.807) is 23.9 Å². The Balaban J connectivity index is 1.49. The van der Waals surface area contributed by atoms with E-state index in [-0.39, 0.29) is 18.9 Å². The van der Waals surface area contributed by atoms with Gasteiger partial charge in [-0.3, -0.25) is 9.10 Å². The van der Waals surface area contributed by atoms with Crippen LogP contribution >= 0.6 is 23.1 Å². The number of para-hydroxylation sites is 1. The van der Waals surface area contributed by atoms with Gasteiger partial charge in [0.2, 0.25) is 21.1 Å². The first-order valence-corrected chi connectivity index (χ1v) is 13.3. The molecule has 1 N–H and O–H groups in total. The molecule has 1 heterocycles. The van der Waals surface area contributed by atoms with E-state index in [2.05, 4.69) is 15.5 Å². The monoisotopic (exact) mass is 476 g/mol. The second-order valence-corrected chi connectivity index (χ2v) is 11.0. The maximum atomic E-state index is 12.3. The van der Waals surface area contributed by atoms with Gasteiger partial charge in [0, 0.05) is 18.7 Å². The number of thioether (sulfide) groups is 1. The van der Waals surface area contributed by atoms with Crippen LogP contribution in [0.2, 0.25) is 0 Å². The van der Waals surface area contributed by atoms with Crippen molar-refractivity contribution < 1.29 is 13.2 Å². The van der Waals surface area contributed by atoms with Gasteiger partial charge in [-0.05, 0) is 30.5 Å². The average Bonchev–Trinajstić information content (AvgIpc) is 3.17. The number of nitrogens with one attached hydrogen (secondary N) is 1. The van der Waals surface area contributed by atoms with Crippen LogP contribution in [0.3, 0.4) is 0 Å². The first-order valence-electron chi connectivity index (χ1n) is 9.66. The molecule has 0 aliphatic rings. The number of benzene rings is 2. The molecule has 0 atom stereocenters. The number of carbonyl (C=O) groups excluding carboxylic acids is 1. The van der Waals surface area contributed by atoms with Gasteiger partial charge in [-0.1, -0.05) is 71.6 Å². The van der Waals surface area contributed by atoms with E-state index in [4.69, 9.17) is 0 Å². The van der Waals surface area contributed by atoms with Crippen molar-refractivity contribution in [3.8, 4) is 0 Å². The topological polar surface area (TPSA) is 92.3 Å². The lowest BCUT2D eigenvalue weighted by Crippen LogP contribution is -2.32. The smallest absolute Gasteiger partial charge is 0.232 e. The summed E-state index contributed by atoms with van der Waals surface area (Å²) >= 11 is 2.89. The fourth-order valence-corrected chi connectivity index (χ4v) is 5.66. The predicted octanol–water partition coefficient (Wildman–Crippen LogP) is 4.32. The van der Waals surface area contributed by atoms with Crippen molar-refractivity contribution in [1.82, 2.24) is 10.2 Å². The van der Waals surface area contributed by atoms with Crippen LogP contribution in [0.5, 0.6) is 0 Å². The molecule has 0 saturated heterocycles.